The van der Waals surface area contributed by atoms with Crippen LogP contribution in [0.25, 0.3) is 11.1 Å². The minimum absolute atomic E-state index is 0.0240. The van der Waals surface area contributed by atoms with Crippen LogP contribution < -0.4 is 10.1 Å². The molecule has 0 saturated heterocycles. The fourth-order valence-electron chi connectivity index (χ4n) is 3.14. The molecule has 2 aromatic rings. The van der Waals surface area contributed by atoms with Gasteiger partial charge in [0.05, 0.1) is 6.54 Å². The molecule has 0 unspecified atom stereocenters. The second-order valence-electron chi connectivity index (χ2n) is 6.12. The number of rotatable bonds is 6. The van der Waals surface area contributed by atoms with Gasteiger partial charge in [0, 0.05) is 35.9 Å². The van der Waals surface area contributed by atoms with Gasteiger partial charge < -0.3 is 10.1 Å². The van der Waals surface area contributed by atoms with E-state index in [1.807, 2.05) is 26.0 Å². The van der Waals surface area contributed by atoms with E-state index in [1.165, 1.54) is 6.33 Å². The molecule has 0 spiro atoms. The van der Waals surface area contributed by atoms with Crippen LogP contribution in [0.2, 0.25) is 0 Å². The maximum atomic E-state index is 12.1. The van der Waals surface area contributed by atoms with Crippen molar-refractivity contribution >= 4 is 5.91 Å². The zero-order chi connectivity index (χ0) is 16.9. The van der Waals surface area contributed by atoms with E-state index in [1.54, 1.807) is 12.4 Å². The fraction of sp³-hybridized carbons (Fsp3) is 0.421. The number of benzene rings is 1. The molecule has 3 rings (SSSR count). The van der Waals surface area contributed by atoms with Gasteiger partial charge in [-0.2, -0.15) is 0 Å². The van der Waals surface area contributed by atoms with Crippen LogP contribution in [0.15, 0.2) is 36.9 Å². The predicted molar refractivity (Wildman–Crippen MR) is 92.7 cm³/mol. The van der Waals surface area contributed by atoms with E-state index in [0.717, 1.165) is 41.7 Å². The standard InChI is InChI=1S/C19H23N3O2/c1-3-13(4-2)19(23)22-11-16-8-14-6-5-7-17(18(14)24-16)15-9-20-12-21-10-15/h5-7,9-10,12-13,16H,3-4,8,11H2,1-2H3,(H,22,23)/t16-/m0/s1. The van der Waals surface area contributed by atoms with Gasteiger partial charge in [-0.15, -0.1) is 0 Å². The maximum absolute atomic E-state index is 12.1. The van der Waals surface area contributed by atoms with Crippen LogP contribution in [-0.2, 0) is 11.2 Å². The lowest BCUT2D eigenvalue weighted by Gasteiger charge is -2.16. The Hall–Kier alpha value is -2.43. The molecule has 0 bridgehead atoms. The summed E-state index contributed by atoms with van der Waals surface area (Å²) in [6.07, 6.45) is 7.61. The van der Waals surface area contributed by atoms with Crippen LogP contribution in [-0.4, -0.2) is 28.5 Å². The largest absolute Gasteiger partial charge is 0.487 e. The number of carbonyl (C=O) groups excluding carboxylic acids is 1. The lowest BCUT2D eigenvalue weighted by atomic mass is 10.0. The van der Waals surface area contributed by atoms with Crippen LogP contribution in [0.3, 0.4) is 0 Å². The molecule has 1 atom stereocenters. The molecule has 2 heterocycles. The summed E-state index contributed by atoms with van der Waals surface area (Å²) < 4.78 is 6.12. The van der Waals surface area contributed by atoms with E-state index in [4.69, 9.17) is 4.74 Å². The molecule has 1 N–H and O–H groups in total. The molecule has 0 saturated carbocycles. The molecule has 1 aromatic heterocycles. The summed E-state index contributed by atoms with van der Waals surface area (Å²) in [6.45, 7) is 4.63. The minimum Gasteiger partial charge on any atom is -0.487 e. The predicted octanol–water partition coefficient (Wildman–Crippen LogP) is 3.00. The first-order chi connectivity index (χ1) is 11.7. The average molecular weight is 325 g/mol. The number of amides is 1. The highest BCUT2D eigenvalue weighted by Gasteiger charge is 2.26. The Balaban J connectivity index is 1.68. The average Bonchev–Trinajstić information content (AvgIpc) is 3.04. The zero-order valence-electron chi connectivity index (χ0n) is 14.2. The van der Waals surface area contributed by atoms with Gasteiger partial charge in [0.2, 0.25) is 5.91 Å². The number of hydrogen-bond acceptors (Lipinski definition) is 4. The van der Waals surface area contributed by atoms with Crippen molar-refractivity contribution in [2.24, 2.45) is 5.92 Å². The van der Waals surface area contributed by atoms with Crippen molar-refractivity contribution in [1.82, 2.24) is 15.3 Å². The fourth-order valence-corrected chi connectivity index (χ4v) is 3.14. The van der Waals surface area contributed by atoms with Crippen molar-refractivity contribution in [2.45, 2.75) is 39.2 Å². The molecule has 0 aliphatic carbocycles. The number of nitrogens with zero attached hydrogens (tertiary/aromatic N) is 2. The number of para-hydroxylation sites is 1. The summed E-state index contributed by atoms with van der Waals surface area (Å²) in [6, 6.07) is 6.11. The molecule has 1 amide bonds. The number of aromatic nitrogens is 2. The van der Waals surface area contributed by atoms with Crippen molar-refractivity contribution in [3.05, 3.63) is 42.5 Å². The topological polar surface area (TPSA) is 64.1 Å². The molecule has 5 nitrogen and oxygen atoms in total. The molecular formula is C19H23N3O2. The van der Waals surface area contributed by atoms with Gasteiger partial charge in [0.1, 0.15) is 18.2 Å². The van der Waals surface area contributed by atoms with Crippen molar-refractivity contribution in [1.29, 1.82) is 0 Å². The number of ether oxygens (including phenoxy) is 1. The lowest BCUT2D eigenvalue weighted by molar-refractivity contribution is -0.125. The summed E-state index contributed by atoms with van der Waals surface area (Å²) >= 11 is 0. The van der Waals surface area contributed by atoms with Crippen molar-refractivity contribution < 1.29 is 9.53 Å². The molecule has 126 valence electrons. The third-order valence-corrected chi connectivity index (χ3v) is 4.56. The molecule has 5 heteroatoms. The van der Waals surface area contributed by atoms with Crippen LogP contribution in [0, 0.1) is 5.92 Å². The Morgan fingerprint density at radius 3 is 2.75 bits per heavy atom. The Kier molecular flexibility index (Phi) is 5.08. The Morgan fingerprint density at radius 1 is 1.29 bits per heavy atom. The monoisotopic (exact) mass is 325 g/mol. The van der Waals surface area contributed by atoms with Gasteiger partial charge in [-0.1, -0.05) is 32.0 Å². The van der Waals surface area contributed by atoms with Crippen molar-refractivity contribution in [3.63, 3.8) is 0 Å². The molecule has 1 aliphatic heterocycles. The van der Waals surface area contributed by atoms with Gasteiger partial charge in [-0.25, -0.2) is 9.97 Å². The molecule has 1 aliphatic rings. The van der Waals surface area contributed by atoms with E-state index in [0.29, 0.717) is 6.54 Å². The van der Waals surface area contributed by atoms with Gasteiger partial charge in [-0.3, -0.25) is 4.79 Å². The Morgan fingerprint density at radius 2 is 2.04 bits per heavy atom. The first kappa shape index (κ1) is 16.4. The van der Waals surface area contributed by atoms with Crippen LogP contribution >= 0.6 is 0 Å². The highest BCUT2D eigenvalue weighted by atomic mass is 16.5. The third kappa shape index (κ3) is 3.40. The second kappa shape index (κ2) is 7.43. The first-order valence-corrected chi connectivity index (χ1v) is 8.54. The van der Waals surface area contributed by atoms with Crippen LogP contribution in [0.5, 0.6) is 5.75 Å². The summed E-state index contributed by atoms with van der Waals surface area (Å²) in [4.78, 5) is 20.3. The molecule has 1 aromatic carbocycles. The van der Waals surface area contributed by atoms with E-state index in [9.17, 15) is 4.79 Å². The molecule has 24 heavy (non-hydrogen) atoms. The second-order valence-corrected chi connectivity index (χ2v) is 6.12. The van der Waals surface area contributed by atoms with Crippen molar-refractivity contribution in [3.8, 4) is 16.9 Å². The van der Waals surface area contributed by atoms with E-state index in [2.05, 4.69) is 21.4 Å². The smallest absolute Gasteiger partial charge is 0.223 e. The van der Waals surface area contributed by atoms with Gasteiger partial charge in [0.15, 0.2) is 0 Å². The SMILES string of the molecule is CCC(CC)C(=O)NC[C@@H]1Cc2cccc(-c3cncnc3)c2O1. The number of hydrogen-bond donors (Lipinski definition) is 1. The van der Waals surface area contributed by atoms with Crippen LogP contribution in [0.1, 0.15) is 32.3 Å². The van der Waals surface area contributed by atoms with Crippen LogP contribution in [0.4, 0.5) is 0 Å². The van der Waals surface area contributed by atoms with Gasteiger partial charge >= 0.3 is 0 Å². The number of carbonyl (C=O) groups is 1. The summed E-state index contributed by atoms with van der Waals surface area (Å²) in [7, 11) is 0. The third-order valence-electron chi connectivity index (χ3n) is 4.56. The first-order valence-electron chi connectivity index (χ1n) is 8.54. The lowest BCUT2D eigenvalue weighted by Crippen LogP contribution is -2.37. The van der Waals surface area contributed by atoms with Gasteiger partial charge in [0.25, 0.3) is 0 Å². The van der Waals surface area contributed by atoms with Crippen molar-refractivity contribution in [2.75, 3.05) is 6.54 Å². The number of fused-ring (bicyclic) bond motifs is 1. The highest BCUT2D eigenvalue weighted by molar-refractivity contribution is 5.78. The Labute approximate surface area is 142 Å². The van der Waals surface area contributed by atoms with E-state index in [-0.39, 0.29) is 17.9 Å². The number of nitrogens with one attached hydrogen (secondary N) is 1. The highest BCUT2D eigenvalue weighted by Crippen LogP contribution is 2.38. The Bertz CT molecular complexity index is 699. The van der Waals surface area contributed by atoms with E-state index >= 15 is 0 Å². The van der Waals surface area contributed by atoms with Gasteiger partial charge in [-0.05, 0) is 18.4 Å². The maximum Gasteiger partial charge on any atom is 0.223 e. The quantitative estimate of drug-likeness (QED) is 0.887. The summed E-state index contributed by atoms with van der Waals surface area (Å²) in [5.41, 5.74) is 3.11. The summed E-state index contributed by atoms with van der Waals surface area (Å²) in [5, 5.41) is 3.03. The molecule has 0 radical (unpaired) electrons. The summed E-state index contributed by atoms with van der Waals surface area (Å²) in [5.74, 6) is 1.09. The molecular weight excluding hydrogens is 302 g/mol. The zero-order valence-corrected chi connectivity index (χ0v) is 14.2. The minimum atomic E-state index is -0.0240. The molecule has 0 fully saturated rings. The normalized spacial score (nSPS) is 15.9. The van der Waals surface area contributed by atoms with E-state index < -0.39 is 0 Å².